The second-order valence-corrected chi connectivity index (χ2v) is 9.36. The van der Waals surface area contributed by atoms with Gasteiger partial charge in [-0.05, 0) is 48.5 Å². The second-order valence-electron chi connectivity index (χ2n) is 7.06. The van der Waals surface area contributed by atoms with Gasteiger partial charge in [0.1, 0.15) is 12.4 Å². The van der Waals surface area contributed by atoms with Crippen molar-refractivity contribution in [1.82, 2.24) is 4.98 Å². The summed E-state index contributed by atoms with van der Waals surface area (Å²) in [6.07, 6.45) is 3.45. The van der Waals surface area contributed by atoms with Crippen LogP contribution in [0.4, 0.5) is 5.69 Å². The fraction of sp³-hybridized carbons (Fsp3) is 0.0800. The summed E-state index contributed by atoms with van der Waals surface area (Å²) in [5, 5.41) is 0.476. The zero-order valence-electron chi connectivity index (χ0n) is 17.1. The molecule has 0 saturated heterocycles. The number of nitrogens with zero attached hydrogens (tertiary/aromatic N) is 2. The highest BCUT2D eigenvalue weighted by Crippen LogP contribution is 2.29. The van der Waals surface area contributed by atoms with Gasteiger partial charge in [-0.25, -0.2) is 8.42 Å². The number of sulfonamides is 1. The lowest BCUT2D eigenvalue weighted by molar-refractivity contribution is 0.302. The van der Waals surface area contributed by atoms with Crippen LogP contribution in [-0.4, -0.2) is 13.4 Å². The van der Waals surface area contributed by atoms with Crippen LogP contribution in [0.3, 0.4) is 0 Å². The van der Waals surface area contributed by atoms with E-state index in [-0.39, 0.29) is 11.4 Å². The van der Waals surface area contributed by atoms with Gasteiger partial charge < -0.3 is 4.74 Å². The third kappa shape index (κ3) is 5.10. The van der Waals surface area contributed by atoms with Crippen molar-refractivity contribution in [3.63, 3.8) is 0 Å². The van der Waals surface area contributed by atoms with Crippen molar-refractivity contribution >= 4 is 27.3 Å². The minimum Gasteiger partial charge on any atom is -0.488 e. The van der Waals surface area contributed by atoms with Gasteiger partial charge in [0, 0.05) is 28.5 Å². The Hall–Kier alpha value is -3.35. The van der Waals surface area contributed by atoms with E-state index < -0.39 is 10.0 Å². The average molecular weight is 465 g/mol. The fourth-order valence-corrected chi connectivity index (χ4v) is 4.79. The maximum absolute atomic E-state index is 13.6. The van der Waals surface area contributed by atoms with Gasteiger partial charge >= 0.3 is 0 Å². The van der Waals surface area contributed by atoms with Gasteiger partial charge in [0.25, 0.3) is 10.0 Å². The number of hydrogen-bond donors (Lipinski definition) is 0. The molecule has 0 amide bonds. The smallest absolute Gasteiger partial charge is 0.264 e. The van der Waals surface area contributed by atoms with Crippen LogP contribution in [0, 0.1) is 0 Å². The zero-order valence-corrected chi connectivity index (χ0v) is 18.7. The summed E-state index contributed by atoms with van der Waals surface area (Å²) >= 11 is 5.96. The highest BCUT2D eigenvalue weighted by Gasteiger charge is 2.26. The molecule has 4 rings (SSSR count). The van der Waals surface area contributed by atoms with Gasteiger partial charge in [0.05, 0.1) is 17.1 Å². The molecule has 0 N–H and O–H groups in total. The monoisotopic (exact) mass is 464 g/mol. The lowest BCUT2D eigenvalue weighted by Crippen LogP contribution is -2.30. The van der Waals surface area contributed by atoms with E-state index in [0.717, 1.165) is 11.1 Å². The van der Waals surface area contributed by atoms with Crippen LogP contribution in [0.1, 0.15) is 11.1 Å². The predicted molar refractivity (Wildman–Crippen MR) is 126 cm³/mol. The molecular weight excluding hydrogens is 444 g/mol. The van der Waals surface area contributed by atoms with Crippen molar-refractivity contribution in [1.29, 1.82) is 0 Å². The first-order valence-electron chi connectivity index (χ1n) is 9.97. The lowest BCUT2D eigenvalue weighted by Gasteiger charge is -2.25. The molecular formula is C25H21ClN2O3S. The van der Waals surface area contributed by atoms with E-state index in [1.807, 2.05) is 54.6 Å². The molecule has 0 aliphatic carbocycles. The van der Waals surface area contributed by atoms with Gasteiger partial charge in [-0.15, -0.1) is 0 Å². The van der Waals surface area contributed by atoms with Crippen molar-refractivity contribution in [2.45, 2.75) is 18.0 Å². The average Bonchev–Trinajstić information content (AvgIpc) is 2.83. The van der Waals surface area contributed by atoms with Crippen LogP contribution >= 0.6 is 11.6 Å². The Morgan fingerprint density at radius 1 is 0.844 bits per heavy atom. The molecule has 0 saturated carbocycles. The quantitative estimate of drug-likeness (QED) is 0.335. The van der Waals surface area contributed by atoms with Crippen LogP contribution in [-0.2, 0) is 23.2 Å². The van der Waals surface area contributed by atoms with Crippen LogP contribution in [0.5, 0.6) is 5.75 Å². The Balaban J connectivity index is 1.67. The number of halogens is 1. The highest BCUT2D eigenvalue weighted by molar-refractivity contribution is 7.92. The molecule has 3 aromatic carbocycles. The molecule has 5 nitrogen and oxygen atoms in total. The SMILES string of the molecule is O=S(=O)(c1ccc(Cl)cc1)N(Cc1ccccc1OCc1cccnc1)c1ccccc1. The fourth-order valence-electron chi connectivity index (χ4n) is 3.22. The normalized spacial score (nSPS) is 11.2. The molecule has 0 spiro atoms. The molecule has 0 radical (unpaired) electrons. The summed E-state index contributed by atoms with van der Waals surface area (Å²) in [5.41, 5.74) is 2.23. The number of aromatic nitrogens is 1. The minimum absolute atomic E-state index is 0.109. The Bertz CT molecular complexity index is 1270. The molecule has 0 unspecified atom stereocenters. The zero-order chi connectivity index (χ0) is 22.4. The van der Waals surface area contributed by atoms with Crippen molar-refractivity contribution in [3.05, 3.63) is 120 Å². The molecule has 1 aromatic heterocycles. The first-order chi connectivity index (χ1) is 15.5. The summed E-state index contributed by atoms with van der Waals surface area (Å²) in [6.45, 7) is 0.443. The van der Waals surface area contributed by atoms with Gasteiger partial charge in [-0.2, -0.15) is 0 Å². The van der Waals surface area contributed by atoms with E-state index in [1.165, 1.54) is 16.4 Å². The largest absolute Gasteiger partial charge is 0.488 e. The third-order valence-electron chi connectivity index (χ3n) is 4.85. The van der Waals surface area contributed by atoms with E-state index in [4.69, 9.17) is 16.3 Å². The van der Waals surface area contributed by atoms with Gasteiger partial charge in [-0.1, -0.05) is 54.1 Å². The van der Waals surface area contributed by atoms with E-state index >= 15 is 0 Å². The molecule has 162 valence electrons. The van der Waals surface area contributed by atoms with Crippen LogP contribution in [0.2, 0.25) is 5.02 Å². The first-order valence-corrected chi connectivity index (χ1v) is 11.8. The second kappa shape index (κ2) is 9.85. The van der Waals surface area contributed by atoms with Crippen LogP contribution in [0.15, 0.2) is 108 Å². The number of anilines is 1. The molecule has 0 bridgehead atoms. The molecule has 1 heterocycles. The van der Waals surface area contributed by atoms with Crippen molar-refractivity contribution in [3.8, 4) is 5.75 Å². The van der Waals surface area contributed by atoms with Crippen molar-refractivity contribution in [2.24, 2.45) is 0 Å². The predicted octanol–water partition coefficient (Wildman–Crippen LogP) is 5.71. The molecule has 0 fully saturated rings. The Labute approximate surface area is 192 Å². The summed E-state index contributed by atoms with van der Waals surface area (Å²) in [6, 6.07) is 26.4. The number of hydrogen-bond acceptors (Lipinski definition) is 4. The van der Waals surface area contributed by atoms with E-state index in [0.29, 0.717) is 23.1 Å². The summed E-state index contributed by atoms with van der Waals surface area (Å²) in [4.78, 5) is 4.27. The summed E-state index contributed by atoms with van der Waals surface area (Å²) in [7, 11) is -3.84. The summed E-state index contributed by atoms with van der Waals surface area (Å²) < 4.78 is 34.5. The standard InChI is InChI=1S/C25H21ClN2O3S/c26-22-12-14-24(15-13-22)32(29,30)28(23-9-2-1-3-10-23)18-21-8-4-5-11-25(21)31-19-20-7-6-16-27-17-20/h1-17H,18-19H2. The Kier molecular flexibility index (Phi) is 6.73. The maximum Gasteiger partial charge on any atom is 0.264 e. The van der Waals surface area contributed by atoms with Gasteiger partial charge in [0.15, 0.2) is 0 Å². The van der Waals surface area contributed by atoms with Crippen LogP contribution in [0.25, 0.3) is 0 Å². The van der Waals surface area contributed by atoms with Gasteiger partial charge in [0.2, 0.25) is 0 Å². The maximum atomic E-state index is 13.6. The summed E-state index contributed by atoms with van der Waals surface area (Å²) in [5.74, 6) is 0.614. The van der Waals surface area contributed by atoms with Crippen LogP contribution < -0.4 is 9.04 Å². The molecule has 32 heavy (non-hydrogen) atoms. The van der Waals surface area contributed by atoms with Crippen molar-refractivity contribution < 1.29 is 13.2 Å². The molecule has 4 aromatic rings. The number of pyridine rings is 1. The number of ether oxygens (including phenoxy) is 1. The van der Waals surface area contributed by atoms with E-state index in [2.05, 4.69) is 4.98 Å². The highest BCUT2D eigenvalue weighted by atomic mass is 35.5. The topological polar surface area (TPSA) is 59.5 Å². The molecule has 0 atom stereocenters. The Morgan fingerprint density at radius 2 is 1.56 bits per heavy atom. The Morgan fingerprint density at radius 3 is 2.28 bits per heavy atom. The number of rotatable bonds is 8. The number of benzene rings is 3. The van der Waals surface area contributed by atoms with Crippen molar-refractivity contribution in [2.75, 3.05) is 4.31 Å². The number of para-hydroxylation sites is 2. The van der Waals surface area contributed by atoms with Gasteiger partial charge in [-0.3, -0.25) is 9.29 Å². The molecule has 7 heteroatoms. The lowest BCUT2D eigenvalue weighted by atomic mass is 10.2. The van der Waals surface area contributed by atoms with E-state index in [9.17, 15) is 8.42 Å². The van der Waals surface area contributed by atoms with E-state index in [1.54, 1.807) is 36.7 Å². The molecule has 0 aliphatic rings. The third-order valence-corrected chi connectivity index (χ3v) is 6.89. The first kappa shape index (κ1) is 21.9. The molecule has 0 aliphatic heterocycles. The minimum atomic E-state index is -3.84.